The van der Waals surface area contributed by atoms with Gasteiger partial charge in [-0.3, -0.25) is 9.78 Å². The first-order valence-electron chi connectivity index (χ1n) is 9.16. The molecule has 162 valence electrons. The fourth-order valence-electron chi connectivity index (χ4n) is 3.12. The second kappa shape index (κ2) is 8.05. The van der Waals surface area contributed by atoms with E-state index >= 15 is 0 Å². The van der Waals surface area contributed by atoms with E-state index in [2.05, 4.69) is 15.3 Å². The first-order valence-corrected chi connectivity index (χ1v) is 9.16. The molecule has 0 saturated heterocycles. The van der Waals surface area contributed by atoms with Crippen LogP contribution in [0.2, 0.25) is 0 Å². The van der Waals surface area contributed by atoms with Crippen LogP contribution in [0.4, 0.5) is 29.3 Å². The number of halogens is 4. The minimum Gasteiger partial charge on any atom is -0.390 e. The highest BCUT2D eigenvalue weighted by Crippen LogP contribution is 2.44. The Bertz CT molecular complexity index is 1010. The summed E-state index contributed by atoms with van der Waals surface area (Å²) in [7, 11) is 3.26. The highest BCUT2D eigenvalue weighted by molar-refractivity contribution is 6.02. The van der Waals surface area contributed by atoms with Crippen molar-refractivity contribution in [3.05, 3.63) is 51.1 Å². The zero-order valence-electron chi connectivity index (χ0n) is 16.3. The molecule has 3 rings (SSSR count). The molecule has 1 aliphatic carbocycles. The number of anilines is 2. The molecule has 1 heterocycles. The van der Waals surface area contributed by atoms with E-state index in [0.717, 1.165) is 12.1 Å². The second-order valence-corrected chi connectivity index (χ2v) is 7.34. The Hall–Kier alpha value is -2.95. The van der Waals surface area contributed by atoms with Crippen molar-refractivity contribution >= 4 is 17.5 Å². The molecule has 4 N–H and O–H groups in total. The van der Waals surface area contributed by atoms with E-state index in [1.54, 1.807) is 14.1 Å². The molecule has 0 aliphatic heterocycles. The number of hydrogen-bond donors (Lipinski definition) is 4. The van der Waals surface area contributed by atoms with Gasteiger partial charge < -0.3 is 20.7 Å². The van der Waals surface area contributed by atoms with Crippen LogP contribution in [0.15, 0.2) is 23.0 Å². The van der Waals surface area contributed by atoms with E-state index in [1.807, 2.05) is 0 Å². The molecule has 7 nitrogen and oxygen atoms in total. The number of aliphatic hydroxyl groups is 1. The Morgan fingerprint density at radius 2 is 2.07 bits per heavy atom. The van der Waals surface area contributed by atoms with Crippen LogP contribution in [-0.2, 0) is 6.18 Å². The number of rotatable bonds is 7. The Balaban J connectivity index is 2.06. The lowest BCUT2D eigenvalue weighted by Crippen LogP contribution is -2.29. The van der Waals surface area contributed by atoms with E-state index in [4.69, 9.17) is 5.41 Å². The van der Waals surface area contributed by atoms with Crippen molar-refractivity contribution in [3.8, 4) is 0 Å². The lowest BCUT2D eigenvalue weighted by molar-refractivity contribution is -0.137. The third kappa shape index (κ3) is 4.45. The standard InChI is InChI=1S/C19H21F4N5O2/c1-28(2)18-26-16(14(13(24)8-29)17(30)27-18)25-15(9-3-4-9)11-6-5-10(7-12(11)20)19(21,22)23/h5-7,9,15,24,29H,3-4,8H2,1-2H3,(H2,25,26,27,30). The Morgan fingerprint density at radius 1 is 1.40 bits per heavy atom. The monoisotopic (exact) mass is 427 g/mol. The van der Waals surface area contributed by atoms with Crippen LogP contribution in [0, 0.1) is 17.1 Å². The van der Waals surface area contributed by atoms with Crippen molar-refractivity contribution < 1.29 is 22.7 Å². The predicted molar refractivity (Wildman–Crippen MR) is 104 cm³/mol. The summed E-state index contributed by atoms with van der Waals surface area (Å²) in [6.45, 7) is -0.719. The number of benzene rings is 1. The third-order valence-electron chi connectivity index (χ3n) is 4.84. The molecule has 30 heavy (non-hydrogen) atoms. The highest BCUT2D eigenvalue weighted by Gasteiger charge is 2.37. The summed E-state index contributed by atoms with van der Waals surface area (Å²) in [5.74, 6) is -0.973. The molecule has 0 spiro atoms. The van der Waals surface area contributed by atoms with Gasteiger partial charge in [-0.2, -0.15) is 18.2 Å². The van der Waals surface area contributed by atoms with Crippen molar-refractivity contribution in [1.29, 1.82) is 5.41 Å². The van der Waals surface area contributed by atoms with Crippen molar-refractivity contribution in [3.63, 3.8) is 0 Å². The minimum absolute atomic E-state index is 0.0143. The van der Waals surface area contributed by atoms with Crippen LogP contribution in [0.1, 0.15) is 35.6 Å². The van der Waals surface area contributed by atoms with E-state index in [-0.39, 0.29) is 34.5 Å². The number of hydrogen-bond acceptors (Lipinski definition) is 6. The van der Waals surface area contributed by atoms with Crippen molar-refractivity contribution in [2.24, 2.45) is 5.92 Å². The number of H-pyrrole nitrogens is 1. The van der Waals surface area contributed by atoms with E-state index in [1.165, 1.54) is 4.90 Å². The molecule has 0 bridgehead atoms. The third-order valence-corrected chi connectivity index (χ3v) is 4.84. The van der Waals surface area contributed by atoms with Gasteiger partial charge in [0.15, 0.2) is 0 Å². The van der Waals surface area contributed by atoms with Crippen LogP contribution >= 0.6 is 0 Å². The average molecular weight is 427 g/mol. The quantitative estimate of drug-likeness (QED) is 0.402. The van der Waals surface area contributed by atoms with Crippen LogP contribution in [-0.4, -0.2) is 41.5 Å². The molecule has 1 aromatic carbocycles. The van der Waals surface area contributed by atoms with Crippen LogP contribution in [0.25, 0.3) is 0 Å². The molecular formula is C19H21F4N5O2. The number of aromatic amines is 1. The minimum atomic E-state index is -4.67. The molecule has 2 aromatic rings. The number of alkyl halides is 3. The van der Waals surface area contributed by atoms with Gasteiger partial charge in [0.1, 0.15) is 17.2 Å². The maximum Gasteiger partial charge on any atom is 0.416 e. The first kappa shape index (κ1) is 21.8. The molecule has 1 aromatic heterocycles. The van der Waals surface area contributed by atoms with E-state index in [0.29, 0.717) is 18.9 Å². The summed E-state index contributed by atoms with van der Waals surface area (Å²) >= 11 is 0. The van der Waals surface area contributed by atoms with Crippen LogP contribution in [0.5, 0.6) is 0 Å². The molecule has 1 aliphatic rings. The van der Waals surface area contributed by atoms with Gasteiger partial charge in [-0.1, -0.05) is 6.07 Å². The summed E-state index contributed by atoms with van der Waals surface area (Å²) in [6, 6.07) is 1.58. The Kier molecular flexibility index (Phi) is 5.84. The van der Waals surface area contributed by atoms with Gasteiger partial charge in [0.05, 0.1) is 23.9 Å². The molecule has 0 radical (unpaired) electrons. The van der Waals surface area contributed by atoms with Crippen molar-refractivity contribution in [1.82, 2.24) is 9.97 Å². The van der Waals surface area contributed by atoms with Gasteiger partial charge in [0, 0.05) is 19.7 Å². The molecule has 0 amide bonds. The SMILES string of the molecule is CN(C)c1nc(NC(c2ccc(C(F)(F)F)cc2F)C2CC2)c(C(=N)CO)c(=O)[nH]1. The maximum absolute atomic E-state index is 14.6. The Morgan fingerprint density at radius 3 is 2.57 bits per heavy atom. The number of nitrogens with one attached hydrogen (secondary N) is 3. The first-order chi connectivity index (χ1) is 14.0. The topological polar surface area (TPSA) is 105 Å². The Labute approximate surface area is 169 Å². The summed E-state index contributed by atoms with van der Waals surface area (Å²) in [6.07, 6.45) is -3.23. The van der Waals surface area contributed by atoms with Gasteiger partial charge in [-0.15, -0.1) is 0 Å². The van der Waals surface area contributed by atoms with Gasteiger partial charge in [-0.25, -0.2) is 4.39 Å². The second-order valence-electron chi connectivity index (χ2n) is 7.34. The van der Waals surface area contributed by atoms with Gasteiger partial charge in [0.25, 0.3) is 5.56 Å². The smallest absolute Gasteiger partial charge is 0.390 e. The molecule has 1 fully saturated rings. The molecular weight excluding hydrogens is 406 g/mol. The van der Waals surface area contributed by atoms with Gasteiger partial charge in [-0.05, 0) is 30.9 Å². The van der Waals surface area contributed by atoms with Gasteiger partial charge in [0.2, 0.25) is 5.95 Å². The van der Waals surface area contributed by atoms with Gasteiger partial charge >= 0.3 is 6.18 Å². The number of aromatic nitrogens is 2. The normalized spacial score (nSPS) is 15.0. The van der Waals surface area contributed by atoms with Crippen LogP contribution in [0.3, 0.4) is 0 Å². The number of aliphatic hydroxyl groups excluding tert-OH is 1. The largest absolute Gasteiger partial charge is 0.416 e. The zero-order chi connectivity index (χ0) is 22.2. The highest BCUT2D eigenvalue weighted by atomic mass is 19.4. The maximum atomic E-state index is 14.6. The molecule has 11 heteroatoms. The summed E-state index contributed by atoms with van der Waals surface area (Å²) in [4.78, 5) is 20.8. The van der Waals surface area contributed by atoms with Crippen molar-refractivity contribution in [2.45, 2.75) is 25.1 Å². The molecule has 1 unspecified atom stereocenters. The fraction of sp³-hybridized carbons (Fsp3) is 0.421. The molecule has 1 atom stereocenters. The molecule has 1 saturated carbocycles. The van der Waals surface area contributed by atoms with Crippen LogP contribution < -0.4 is 15.8 Å². The van der Waals surface area contributed by atoms with E-state index in [9.17, 15) is 27.5 Å². The average Bonchev–Trinajstić information content (AvgIpc) is 3.49. The fourth-order valence-corrected chi connectivity index (χ4v) is 3.12. The summed E-state index contributed by atoms with van der Waals surface area (Å²) in [5.41, 5.74) is -2.34. The summed E-state index contributed by atoms with van der Waals surface area (Å²) < 4.78 is 53.3. The van der Waals surface area contributed by atoms with E-state index < -0.39 is 35.8 Å². The lowest BCUT2D eigenvalue weighted by Gasteiger charge is -2.23. The lowest BCUT2D eigenvalue weighted by atomic mass is 9.99. The summed E-state index contributed by atoms with van der Waals surface area (Å²) in [5, 5.41) is 20.2. The van der Waals surface area contributed by atoms with Crippen molar-refractivity contribution in [2.75, 3.05) is 30.9 Å². The predicted octanol–water partition coefficient (Wildman–Crippen LogP) is 2.92. The number of nitrogens with zero attached hydrogens (tertiary/aromatic N) is 2. The zero-order valence-corrected chi connectivity index (χ0v) is 16.3.